The van der Waals surface area contributed by atoms with E-state index >= 15 is 0 Å². The third-order valence-corrected chi connectivity index (χ3v) is 4.77. The summed E-state index contributed by atoms with van der Waals surface area (Å²) in [5.74, 6) is -1.02. The fourth-order valence-electron chi connectivity index (χ4n) is 3.45. The van der Waals surface area contributed by atoms with Gasteiger partial charge in [-0.1, -0.05) is 18.2 Å². The van der Waals surface area contributed by atoms with Gasteiger partial charge in [-0.2, -0.15) is 0 Å². The quantitative estimate of drug-likeness (QED) is 0.501. The maximum Gasteiger partial charge on any atom is 0.265 e. The zero-order valence-corrected chi connectivity index (χ0v) is 15.4. The summed E-state index contributed by atoms with van der Waals surface area (Å²) >= 11 is 0. The number of ether oxygens (including phenoxy) is 2. The van der Waals surface area contributed by atoms with Gasteiger partial charge in [-0.3, -0.25) is 19.5 Å². The van der Waals surface area contributed by atoms with Gasteiger partial charge in [0, 0.05) is 18.7 Å². The van der Waals surface area contributed by atoms with Crippen molar-refractivity contribution in [1.29, 1.82) is 0 Å². The van der Waals surface area contributed by atoms with Gasteiger partial charge >= 0.3 is 0 Å². The Kier molecular flexibility index (Phi) is 4.52. The lowest BCUT2D eigenvalue weighted by molar-refractivity contribution is 0.0505. The molecular formula is C21H17FN2O4. The molecule has 0 spiro atoms. The number of aryl methyl sites for hydroxylation is 1. The molecule has 142 valence electrons. The van der Waals surface area contributed by atoms with E-state index in [0.717, 1.165) is 10.3 Å². The van der Waals surface area contributed by atoms with Crippen LogP contribution in [0, 0.1) is 12.7 Å². The number of aromatic nitrogens is 1. The highest BCUT2D eigenvalue weighted by molar-refractivity contribution is 6.25. The van der Waals surface area contributed by atoms with E-state index in [2.05, 4.69) is 4.98 Å². The average molecular weight is 380 g/mol. The van der Waals surface area contributed by atoms with Crippen molar-refractivity contribution in [2.24, 2.45) is 0 Å². The monoisotopic (exact) mass is 380 g/mol. The van der Waals surface area contributed by atoms with E-state index < -0.39 is 11.8 Å². The van der Waals surface area contributed by atoms with Crippen molar-refractivity contribution in [2.45, 2.75) is 13.5 Å². The van der Waals surface area contributed by atoms with Crippen LogP contribution < -0.4 is 4.74 Å². The molecular weight excluding hydrogens is 363 g/mol. The molecule has 4 rings (SSSR count). The number of halogens is 1. The van der Waals surface area contributed by atoms with Gasteiger partial charge in [0.05, 0.1) is 17.7 Å². The molecule has 0 N–H and O–H groups in total. The first kappa shape index (κ1) is 18.1. The topological polar surface area (TPSA) is 68.7 Å². The lowest BCUT2D eigenvalue weighted by Gasteiger charge is -2.14. The Hall–Kier alpha value is -3.32. The lowest BCUT2D eigenvalue weighted by Crippen LogP contribution is -2.29. The maximum absolute atomic E-state index is 13.2. The van der Waals surface area contributed by atoms with Crippen LogP contribution in [0.2, 0.25) is 0 Å². The van der Waals surface area contributed by atoms with Gasteiger partial charge in [-0.05, 0) is 36.2 Å². The highest BCUT2D eigenvalue weighted by atomic mass is 19.1. The van der Waals surface area contributed by atoms with Crippen molar-refractivity contribution in [2.75, 3.05) is 13.9 Å². The van der Waals surface area contributed by atoms with Crippen LogP contribution in [0.1, 0.15) is 31.8 Å². The van der Waals surface area contributed by atoms with E-state index in [0.29, 0.717) is 22.2 Å². The summed E-state index contributed by atoms with van der Waals surface area (Å²) in [6.45, 7) is 1.75. The second-order valence-electron chi connectivity index (χ2n) is 6.48. The Balaban J connectivity index is 1.85. The van der Waals surface area contributed by atoms with Gasteiger partial charge in [-0.25, -0.2) is 4.39 Å². The Labute approximate surface area is 160 Å². The van der Waals surface area contributed by atoms with Gasteiger partial charge in [0.2, 0.25) is 0 Å². The third kappa shape index (κ3) is 2.80. The Bertz CT molecular complexity index is 1100. The zero-order chi connectivity index (χ0) is 19.8. The van der Waals surface area contributed by atoms with Crippen molar-refractivity contribution in [3.05, 3.63) is 70.7 Å². The number of nitrogens with zero attached hydrogens (tertiary/aromatic N) is 2. The molecule has 0 aliphatic carbocycles. The molecule has 0 saturated heterocycles. The summed E-state index contributed by atoms with van der Waals surface area (Å²) in [6.07, 6.45) is 1.60. The van der Waals surface area contributed by atoms with Crippen LogP contribution >= 0.6 is 0 Å². The summed E-state index contributed by atoms with van der Waals surface area (Å²) in [7, 11) is 1.47. The summed E-state index contributed by atoms with van der Waals surface area (Å²) in [4.78, 5) is 31.7. The molecule has 0 saturated carbocycles. The van der Waals surface area contributed by atoms with Gasteiger partial charge in [0.15, 0.2) is 12.5 Å². The minimum atomic E-state index is -0.467. The number of amides is 2. The number of carbonyl (C=O) groups is 2. The average Bonchev–Trinajstić information content (AvgIpc) is 2.95. The molecule has 0 atom stereocenters. The molecule has 0 unspecified atom stereocenters. The van der Waals surface area contributed by atoms with Crippen LogP contribution in [0.4, 0.5) is 4.39 Å². The molecule has 2 amide bonds. The van der Waals surface area contributed by atoms with E-state index in [9.17, 15) is 14.0 Å². The first-order chi connectivity index (χ1) is 13.5. The SMILES string of the molecule is COCOc1c2c(c(C)c3cccnc13)C(=O)N(Cc1ccc(F)cc1)C2=O. The summed E-state index contributed by atoms with van der Waals surface area (Å²) < 4.78 is 23.8. The number of pyridine rings is 1. The number of benzene rings is 2. The molecule has 1 aromatic heterocycles. The molecule has 0 fully saturated rings. The van der Waals surface area contributed by atoms with Gasteiger partial charge in [0.1, 0.15) is 11.3 Å². The molecule has 1 aliphatic heterocycles. The smallest absolute Gasteiger partial charge is 0.265 e. The number of imide groups is 1. The van der Waals surface area contributed by atoms with Crippen LogP contribution in [0.25, 0.3) is 10.9 Å². The number of carbonyl (C=O) groups excluding carboxylic acids is 2. The standard InChI is InChI=1S/C21H17FN2O4/c1-12-15-4-3-9-23-18(15)19(28-11-27-2)17-16(12)20(25)24(21(17)26)10-13-5-7-14(22)8-6-13/h3-9H,10-11H2,1-2H3. The van der Waals surface area contributed by atoms with E-state index in [1.165, 1.54) is 19.2 Å². The van der Waals surface area contributed by atoms with Crippen LogP contribution in [0.15, 0.2) is 42.6 Å². The third-order valence-electron chi connectivity index (χ3n) is 4.77. The molecule has 7 heteroatoms. The van der Waals surface area contributed by atoms with Gasteiger partial charge < -0.3 is 9.47 Å². The van der Waals surface area contributed by atoms with Gasteiger partial charge in [-0.15, -0.1) is 0 Å². The molecule has 1 aliphatic rings. The molecule has 0 bridgehead atoms. The summed E-state index contributed by atoms with van der Waals surface area (Å²) in [6, 6.07) is 9.28. The molecule has 3 aromatic rings. The largest absolute Gasteiger partial charge is 0.464 e. The van der Waals surface area contributed by atoms with Crippen molar-refractivity contribution in [3.8, 4) is 5.75 Å². The van der Waals surface area contributed by atoms with Gasteiger partial charge in [0.25, 0.3) is 11.8 Å². The highest BCUT2D eigenvalue weighted by Crippen LogP contribution is 2.40. The molecule has 6 nitrogen and oxygen atoms in total. The predicted octanol–water partition coefficient (Wildman–Crippen LogP) is 3.46. The number of rotatable bonds is 5. The van der Waals surface area contributed by atoms with E-state index in [-0.39, 0.29) is 30.5 Å². The van der Waals surface area contributed by atoms with Crippen molar-refractivity contribution < 1.29 is 23.5 Å². The van der Waals surface area contributed by atoms with E-state index in [4.69, 9.17) is 9.47 Å². The van der Waals surface area contributed by atoms with Crippen molar-refractivity contribution in [3.63, 3.8) is 0 Å². The number of fused-ring (bicyclic) bond motifs is 2. The van der Waals surface area contributed by atoms with Crippen molar-refractivity contribution >= 4 is 22.7 Å². The number of hydrogen-bond donors (Lipinski definition) is 0. The van der Waals surface area contributed by atoms with E-state index in [1.54, 1.807) is 31.3 Å². The summed E-state index contributed by atoms with van der Waals surface area (Å²) in [5, 5.41) is 0.733. The molecule has 0 radical (unpaired) electrons. The second kappa shape index (κ2) is 7.01. The molecule has 2 heterocycles. The normalized spacial score (nSPS) is 13.3. The number of methoxy groups -OCH3 is 1. The summed E-state index contributed by atoms with van der Waals surface area (Å²) in [5.41, 5.74) is 2.31. The number of hydrogen-bond acceptors (Lipinski definition) is 5. The predicted molar refractivity (Wildman–Crippen MR) is 99.6 cm³/mol. The highest BCUT2D eigenvalue weighted by Gasteiger charge is 2.41. The fraction of sp³-hybridized carbons (Fsp3) is 0.190. The minimum Gasteiger partial charge on any atom is -0.464 e. The molecule has 28 heavy (non-hydrogen) atoms. The second-order valence-corrected chi connectivity index (χ2v) is 6.48. The first-order valence-electron chi connectivity index (χ1n) is 8.66. The van der Waals surface area contributed by atoms with Crippen LogP contribution in [-0.2, 0) is 11.3 Å². The fourth-order valence-corrected chi connectivity index (χ4v) is 3.45. The maximum atomic E-state index is 13.2. The lowest BCUT2D eigenvalue weighted by atomic mass is 9.97. The Morgan fingerprint density at radius 2 is 1.79 bits per heavy atom. The van der Waals surface area contributed by atoms with E-state index in [1.807, 2.05) is 6.07 Å². The first-order valence-corrected chi connectivity index (χ1v) is 8.66. The van der Waals surface area contributed by atoms with Crippen LogP contribution in [0.5, 0.6) is 5.75 Å². The van der Waals surface area contributed by atoms with Crippen LogP contribution in [0.3, 0.4) is 0 Å². The minimum absolute atomic E-state index is 0.0412. The Morgan fingerprint density at radius 1 is 1.07 bits per heavy atom. The van der Waals surface area contributed by atoms with Crippen molar-refractivity contribution in [1.82, 2.24) is 9.88 Å². The van der Waals surface area contributed by atoms with Crippen LogP contribution in [-0.4, -0.2) is 35.6 Å². The Morgan fingerprint density at radius 3 is 2.50 bits per heavy atom. The molecule has 2 aromatic carbocycles. The zero-order valence-electron chi connectivity index (χ0n) is 15.4.